The highest BCUT2D eigenvalue weighted by Crippen LogP contribution is 2.20. The quantitative estimate of drug-likeness (QED) is 0.527. The van der Waals surface area contributed by atoms with E-state index in [0.29, 0.717) is 0 Å². The summed E-state index contributed by atoms with van der Waals surface area (Å²) in [5.74, 6) is 0. The van der Waals surface area contributed by atoms with Crippen LogP contribution in [-0.2, 0) is 0 Å². The SMILES string of the molecule is CC1=CC=C(Br)C[CH]1. The van der Waals surface area contributed by atoms with E-state index in [4.69, 9.17) is 0 Å². The van der Waals surface area contributed by atoms with Crippen LogP contribution in [-0.4, -0.2) is 0 Å². The van der Waals surface area contributed by atoms with Gasteiger partial charge in [-0.1, -0.05) is 33.7 Å². The van der Waals surface area contributed by atoms with E-state index in [-0.39, 0.29) is 0 Å². The Bertz CT molecular complexity index is 124. The van der Waals surface area contributed by atoms with Crippen molar-refractivity contribution >= 4 is 15.9 Å². The fraction of sp³-hybridized carbons (Fsp3) is 0.286. The third kappa shape index (κ3) is 1.48. The number of rotatable bonds is 0. The minimum Gasteiger partial charge on any atom is -0.0692 e. The van der Waals surface area contributed by atoms with Gasteiger partial charge in [-0.25, -0.2) is 0 Å². The maximum atomic E-state index is 3.40. The van der Waals surface area contributed by atoms with Gasteiger partial charge >= 0.3 is 0 Å². The molecule has 0 heterocycles. The monoisotopic (exact) mass is 171 g/mol. The summed E-state index contributed by atoms with van der Waals surface area (Å²) in [6, 6.07) is 0. The second kappa shape index (κ2) is 2.49. The third-order valence-corrected chi connectivity index (χ3v) is 1.73. The second-order valence-corrected chi connectivity index (χ2v) is 2.95. The Hall–Kier alpha value is -0.0400. The molecule has 0 aromatic heterocycles. The highest BCUT2D eigenvalue weighted by atomic mass is 79.9. The largest absolute Gasteiger partial charge is 0.0692 e. The van der Waals surface area contributed by atoms with Gasteiger partial charge in [0, 0.05) is 0 Å². The van der Waals surface area contributed by atoms with Crippen LogP contribution in [0, 0.1) is 6.42 Å². The van der Waals surface area contributed by atoms with E-state index in [1.165, 1.54) is 10.1 Å². The van der Waals surface area contributed by atoms with Gasteiger partial charge in [-0.05, 0) is 24.2 Å². The molecular formula is C7H8Br. The van der Waals surface area contributed by atoms with Crippen LogP contribution in [0.4, 0.5) is 0 Å². The zero-order valence-corrected chi connectivity index (χ0v) is 6.40. The van der Waals surface area contributed by atoms with Crippen LogP contribution in [0.2, 0.25) is 0 Å². The molecule has 0 bridgehead atoms. The Morgan fingerprint density at radius 3 is 2.62 bits per heavy atom. The molecule has 1 radical (unpaired) electrons. The molecule has 0 nitrogen and oxygen atoms in total. The molecule has 0 amide bonds. The fourth-order valence-electron chi connectivity index (χ4n) is 0.616. The van der Waals surface area contributed by atoms with E-state index in [2.05, 4.69) is 41.4 Å². The molecule has 0 spiro atoms. The van der Waals surface area contributed by atoms with Crippen LogP contribution in [0.25, 0.3) is 0 Å². The summed E-state index contributed by atoms with van der Waals surface area (Å²) in [7, 11) is 0. The van der Waals surface area contributed by atoms with Crippen LogP contribution in [0.1, 0.15) is 13.3 Å². The average molecular weight is 172 g/mol. The van der Waals surface area contributed by atoms with Gasteiger partial charge in [0.15, 0.2) is 0 Å². The first-order valence-electron chi connectivity index (χ1n) is 2.65. The molecule has 0 N–H and O–H groups in total. The topological polar surface area (TPSA) is 0 Å². The molecule has 1 aliphatic carbocycles. The molecule has 0 atom stereocenters. The molecule has 0 aromatic rings. The van der Waals surface area contributed by atoms with Gasteiger partial charge in [0.1, 0.15) is 0 Å². The van der Waals surface area contributed by atoms with Crippen molar-refractivity contribution < 1.29 is 0 Å². The van der Waals surface area contributed by atoms with E-state index in [9.17, 15) is 0 Å². The van der Waals surface area contributed by atoms with Gasteiger partial charge in [0.25, 0.3) is 0 Å². The Balaban J connectivity index is 2.65. The molecule has 0 saturated heterocycles. The zero-order chi connectivity index (χ0) is 5.98. The van der Waals surface area contributed by atoms with Gasteiger partial charge in [-0.3, -0.25) is 0 Å². The van der Waals surface area contributed by atoms with Crippen molar-refractivity contribution in [3.63, 3.8) is 0 Å². The second-order valence-electron chi connectivity index (χ2n) is 1.93. The molecule has 1 heteroatoms. The number of hydrogen-bond donors (Lipinski definition) is 0. The lowest BCUT2D eigenvalue weighted by Gasteiger charge is -2.03. The predicted octanol–water partition coefficient (Wildman–Crippen LogP) is 2.82. The summed E-state index contributed by atoms with van der Waals surface area (Å²) in [5, 5.41) is 0. The van der Waals surface area contributed by atoms with Crippen molar-refractivity contribution in [2.45, 2.75) is 13.3 Å². The Kier molecular flexibility index (Phi) is 1.90. The minimum absolute atomic E-state index is 1.06. The standard InChI is InChI=1S/C7H8Br/c1-6-2-4-7(8)5-3-6/h2-4H,5H2,1H3. The minimum atomic E-state index is 1.06. The van der Waals surface area contributed by atoms with E-state index < -0.39 is 0 Å². The van der Waals surface area contributed by atoms with Crippen LogP contribution in [0.5, 0.6) is 0 Å². The lowest BCUT2D eigenvalue weighted by atomic mass is 10.1. The van der Waals surface area contributed by atoms with Crippen LogP contribution in [0.3, 0.4) is 0 Å². The first kappa shape index (κ1) is 6.09. The van der Waals surface area contributed by atoms with Crippen molar-refractivity contribution in [1.82, 2.24) is 0 Å². The lowest BCUT2D eigenvalue weighted by molar-refractivity contribution is 1.17. The third-order valence-electron chi connectivity index (χ3n) is 1.15. The molecule has 0 saturated carbocycles. The van der Waals surface area contributed by atoms with E-state index >= 15 is 0 Å². The van der Waals surface area contributed by atoms with E-state index in [0.717, 1.165) is 6.42 Å². The van der Waals surface area contributed by atoms with Crippen molar-refractivity contribution in [3.8, 4) is 0 Å². The van der Waals surface area contributed by atoms with Crippen LogP contribution < -0.4 is 0 Å². The molecule has 1 aliphatic rings. The summed E-state index contributed by atoms with van der Waals surface area (Å²) in [6.45, 7) is 2.11. The number of hydrogen-bond acceptors (Lipinski definition) is 0. The Morgan fingerprint density at radius 2 is 2.25 bits per heavy atom. The zero-order valence-electron chi connectivity index (χ0n) is 4.82. The van der Waals surface area contributed by atoms with Gasteiger partial charge < -0.3 is 0 Å². The van der Waals surface area contributed by atoms with Gasteiger partial charge in [-0.15, -0.1) is 0 Å². The summed E-state index contributed by atoms with van der Waals surface area (Å²) in [6.07, 6.45) is 7.45. The highest BCUT2D eigenvalue weighted by Gasteiger charge is 1.97. The summed E-state index contributed by atoms with van der Waals surface area (Å²) in [4.78, 5) is 0. The molecule has 43 valence electrons. The molecule has 1 rings (SSSR count). The Labute approximate surface area is 58.4 Å². The maximum Gasteiger partial charge on any atom is -0.00432 e. The van der Waals surface area contributed by atoms with Crippen molar-refractivity contribution in [1.29, 1.82) is 0 Å². The highest BCUT2D eigenvalue weighted by molar-refractivity contribution is 9.11. The normalized spacial score (nSPS) is 19.8. The molecule has 0 unspecified atom stereocenters. The van der Waals surface area contributed by atoms with Crippen molar-refractivity contribution in [3.05, 3.63) is 28.6 Å². The number of allylic oxidation sites excluding steroid dienone is 4. The van der Waals surface area contributed by atoms with E-state index in [1.54, 1.807) is 0 Å². The summed E-state index contributed by atoms with van der Waals surface area (Å²) >= 11 is 3.40. The molecule has 0 fully saturated rings. The van der Waals surface area contributed by atoms with Crippen molar-refractivity contribution in [2.24, 2.45) is 0 Å². The van der Waals surface area contributed by atoms with Crippen molar-refractivity contribution in [2.75, 3.05) is 0 Å². The predicted molar refractivity (Wildman–Crippen MR) is 39.7 cm³/mol. The van der Waals surface area contributed by atoms with Gasteiger partial charge in [0.2, 0.25) is 0 Å². The van der Waals surface area contributed by atoms with Gasteiger partial charge in [0.05, 0.1) is 0 Å². The fourth-order valence-corrected chi connectivity index (χ4v) is 0.910. The van der Waals surface area contributed by atoms with Crippen LogP contribution in [0.15, 0.2) is 22.2 Å². The molecule has 0 aliphatic heterocycles. The molecule has 8 heavy (non-hydrogen) atoms. The lowest BCUT2D eigenvalue weighted by Crippen LogP contribution is -1.84. The number of halogens is 1. The first-order chi connectivity index (χ1) is 3.79. The summed E-state index contributed by atoms with van der Waals surface area (Å²) < 4.78 is 1.27. The average Bonchev–Trinajstić information content (AvgIpc) is 1.77. The van der Waals surface area contributed by atoms with Crippen LogP contribution >= 0.6 is 15.9 Å². The Morgan fingerprint density at radius 1 is 1.50 bits per heavy atom. The smallest absolute Gasteiger partial charge is 0.00432 e. The maximum absolute atomic E-state index is 3.40. The molecular weight excluding hydrogens is 164 g/mol. The molecule has 0 aromatic carbocycles. The first-order valence-corrected chi connectivity index (χ1v) is 3.44. The van der Waals surface area contributed by atoms with Gasteiger partial charge in [-0.2, -0.15) is 0 Å². The summed E-state index contributed by atoms with van der Waals surface area (Å²) in [5.41, 5.74) is 1.35. The van der Waals surface area contributed by atoms with E-state index in [1.807, 2.05) is 0 Å².